The number of carbonyl (C=O) groups is 2. The van der Waals surface area contributed by atoms with E-state index in [0.29, 0.717) is 25.1 Å². The van der Waals surface area contributed by atoms with Crippen molar-refractivity contribution in [1.82, 2.24) is 10.2 Å². The van der Waals surface area contributed by atoms with Crippen molar-refractivity contribution in [3.63, 3.8) is 0 Å². The third-order valence-electron chi connectivity index (χ3n) is 6.04. The van der Waals surface area contributed by atoms with Crippen molar-refractivity contribution in [2.24, 2.45) is 11.8 Å². The first kappa shape index (κ1) is 19.6. The van der Waals surface area contributed by atoms with Gasteiger partial charge in [-0.1, -0.05) is 42.5 Å². The third-order valence-corrected chi connectivity index (χ3v) is 6.04. The number of amides is 2. The number of likely N-dealkylation sites (tertiary alicyclic amines) is 1. The van der Waals surface area contributed by atoms with Crippen molar-refractivity contribution in [2.75, 3.05) is 6.54 Å². The van der Waals surface area contributed by atoms with Gasteiger partial charge < -0.3 is 10.2 Å². The quantitative estimate of drug-likeness (QED) is 0.829. The van der Waals surface area contributed by atoms with E-state index >= 15 is 0 Å². The van der Waals surface area contributed by atoms with Crippen LogP contribution in [0, 0.1) is 24.6 Å². The van der Waals surface area contributed by atoms with Crippen molar-refractivity contribution in [3.8, 4) is 0 Å². The number of benzene rings is 2. The van der Waals surface area contributed by atoms with Gasteiger partial charge in [0.15, 0.2) is 0 Å². The van der Waals surface area contributed by atoms with Gasteiger partial charge in [-0.3, -0.25) is 9.59 Å². The van der Waals surface area contributed by atoms with Gasteiger partial charge in [0.05, 0.1) is 12.0 Å². The molecule has 1 saturated heterocycles. The first-order chi connectivity index (χ1) is 14.0. The average molecular weight is 394 g/mol. The lowest BCUT2D eigenvalue weighted by atomic mass is 9.87. The second-order valence-electron chi connectivity index (χ2n) is 8.27. The van der Waals surface area contributed by atoms with Crippen LogP contribution in [0.25, 0.3) is 0 Å². The molecule has 2 atom stereocenters. The Labute approximate surface area is 171 Å². The summed E-state index contributed by atoms with van der Waals surface area (Å²) in [4.78, 5) is 27.6. The predicted octanol–water partition coefficient (Wildman–Crippen LogP) is 4.14. The molecule has 2 amide bonds. The van der Waals surface area contributed by atoms with Gasteiger partial charge in [-0.05, 0) is 55.4 Å². The molecule has 152 valence electrons. The number of aryl methyl sites for hydroxylation is 1. The normalized spacial score (nSPS) is 21.7. The number of carbonyl (C=O) groups excluding carboxylic acids is 2. The number of nitrogens with one attached hydrogen (secondary N) is 1. The summed E-state index contributed by atoms with van der Waals surface area (Å²) in [6, 6.07) is 14.8. The molecule has 4 rings (SSSR count). The average Bonchev–Trinajstić information content (AvgIpc) is 3.59. The lowest BCUT2D eigenvalue weighted by molar-refractivity contribution is -0.140. The molecule has 2 aromatic carbocycles. The van der Waals surface area contributed by atoms with Gasteiger partial charge in [-0.2, -0.15) is 0 Å². The van der Waals surface area contributed by atoms with E-state index in [1.807, 2.05) is 41.3 Å². The van der Waals surface area contributed by atoms with Gasteiger partial charge >= 0.3 is 0 Å². The molecule has 0 spiro atoms. The zero-order valence-corrected chi connectivity index (χ0v) is 16.7. The Hall–Kier alpha value is -2.69. The molecule has 29 heavy (non-hydrogen) atoms. The molecule has 1 heterocycles. The molecule has 1 aliphatic heterocycles. The summed E-state index contributed by atoms with van der Waals surface area (Å²) in [5, 5.41) is 3.02. The Morgan fingerprint density at radius 3 is 2.45 bits per heavy atom. The Bertz CT molecular complexity index is 895. The van der Waals surface area contributed by atoms with Crippen LogP contribution < -0.4 is 5.32 Å². The van der Waals surface area contributed by atoms with Crippen LogP contribution in [-0.2, 0) is 16.1 Å². The molecule has 0 radical (unpaired) electrons. The molecule has 4 nitrogen and oxygen atoms in total. The molecule has 1 aliphatic carbocycles. The van der Waals surface area contributed by atoms with Crippen LogP contribution in [0.4, 0.5) is 4.39 Å². The van der Waals surface area contributed by atoms with E-state index in [-0.39, 0.29) is 35.5 Å². The van der Waals surface area contributed by atoms with Crippen LogP contribution in [0.3, 0.4) is 0 Å². The Morgan fingerprint density at radius 2 is 1.76 bits per heavy atom. The molecular formula is C24H27FN2O2. The predicted molar refractivity (Wildman–Crippen MR) is 109 cm³/mol. The van der Waals surface area contributed by atoms with Crippen LogP contribution >= 0.6 is 0 Å². The molecule has 1 N–H and O–H groups in total. The largest absolute Gasteiger partial charge is 0.352 e. The zero-order chi connectivity index (χ0) is 20.4. The molecule has 2 aliphatic rings. The summed E-state index contributed by atoms with van der Waals surface area (Å²) in [5.74, 6) is -0.221. The number of nitrogens with zero attached hydrogens (tertiary/aromatic N) is 1. The van der Waals surface area contributed by atoms with Crippen molar-refractivity contribution >= 4 is 11.8 Å². The minimum atomic E-state index is -0.234. The highest BCUT2D eigenvalue weighted by Crippen LogP contribution is 2.39. The lowest BCUT2D eigenvalue weighted by Gasteiger charge is -2.40. The van der Waals surface area contributed by atoms with Crippen LogP contribution in [0.5, 0.6) is 0 Å². The zero-order valence-electron chi connectivity index (χ0n) is 16.7. The van der Waals surface area contributed by atoms with Gasteiger partial charge in [0.1, 0.15) is 5.82 Å². The van der Waals surface area contributed by atoms with Crippen LogP contribution in [0.1, 0.15) is 48.4 Å². The topological polar surface area (TPSA) is 49.4 Å². The summed E-state index contributed by atoms with van der Waals surface area (Å²) < 4.78 is 13.7. The minimum absolute atomic E-state index is 0.00353. The fraction of sp³-hybridized carbons (Fsp3) is 0.417. The van der Waals surface area contributed by atoms with E-state index in [2.05, 4.69) is 5.32 Å². The standard InChI is InChI=1S/C24H27FN2O2/c1-16-13-19(9-11-21(16)25)22-12-10-20(15-27(22)24(29)18-7-8-18)23(28)26-14-17-5-3-2-4-6-17/h2-6,9,11,13,18,20,22H,7-8,10,12,14-15H2,1H3,(H,26,28)/t20-,22-/m0/s1. The van der Waals surface area contributed by atoms with Crippen LogP contribution in [0.15, 0.2) is 48.5 Å². The molecule has 1 saturated carbocycles. The second kappa shape index (κ2) is 8.36. The van der Waals surface area contributed by atoms with Crippen molar-refractivity contribution in [3.05, 3.63) is 71.0 Å². The highest BCUT2D eigenvalue weighted by atomic mass is 19.1. The summed E-state index contributed by atoms with van der Waals surface area (Å²) >= 11 is 0. The highest BCUT2D eigenvalue weighted by Gasteiger charge is 2.41. The van der Waals surface area contributed by atoms with Gasteiger partial charge in [-0.15, -0.1) is 0 Å². The van der Waals surface area contributed by atoms with Crippen molar-refractivity contribution in [1.29, 1.82) is 0 Å². The van der Waals surface area contributed by atoms with Crippen molar-refractivity contribution < 1.29 is 14.0 Å². The maximum Gasteiger partial charge on any atom is 0.226 e. The highest BCUT2D eigenvalue weighted by molar-refractivity contribution is 5.84. The Kier molecular flexibility index (Phi) is 5.65. The van der Waals surface area contributed by atoms with E-state index in [9.17, 15) is 14.0 Å². The number of hydrogen-bond donors (Lipinski definition) is 1. The first-order valence-corrected chi connectivity index (χ1v) is 10.4. The van der Waals surface area contributed by atoms with E-state index in [0.717, 1.165) is 30.4 Å². The monoisotopic (exact) mass is 394 g/mol. The van der Waals surface area contributed by atoms with E-state index < -0.39 is 0 Å². The summed E-state index contributed by atoms with van der Waals surface area (Å²) in [5.41, 5.74) is 2.60. The molecular weight excluding hydrogens is 367 g/mol. The summed E-state index contributed by atoms with van der Waals surface area (Å²) in [7, 11) is 0. The van der Waals surface area contributed by atoms with E-state index in [1.165, 1.54) is 6.07 Å². The SMILES string of the molecule is Cc1cc([C@@H]2CC[C@H](C(=O)NCc3ccccc3)CN2C(=O)C2CC2)ccc1F. The fourth-order valence-electron chi connectivity index (χ4n) is 4.14. The lowest BCUT2D eigenvalue weighted by Crippen LogP contribution is -2.47. The third kappa shape index (κ3) is 4.50. The molecule has 2 fully saturated rings. The number of hydrogen-bond acceptors (Lipinski definition) is 2. The number of halogens is 1. The van der Waals surface area contributed by atoms with E-state index in [1.54, 1.807) is 13.0 Å². The smallest absolute Gasteiger partial charge is 0.226 e. The number of rotatable bonds is 5. The van der Waals surface area contributed by atoms with Crippen LogP contribution in [-0.4, -0.2) is 23.3 Å². The molecule has 0 aromatic heterocycles. The summed E-state index contributed by atoms with van der Waals surface area (Å²) in [6.07, 6.45) is 3.29. The van der Waals surface area contributed by atoms with Gasteiger partial charge in [0.25, 0.3) is 0 Å². The maximum absolute atomic E-state index is 13.7. The van der Waals surface area contributed by atoms with E-state index in [4.69, 9.17) is 0 Å². The number of piperidine rings is 1. The molecule has 0 unspecified atom stereocenters. The second-order valence-corrected chi connectivity index (χ2v) is 8.27. The van der Waals surface area contributed by atoms with Gasteiger partial charge in [0, 0.05) is 19.0 Å². The maximum atomic E-state index is 13.7. The van der Waals surface area contributed by atoms with Crippen LogP contribution in [0.2, 0.25) is 0 Å². The van der Waals surface area contributed by atoms with Gasteiger partial charge in [0.2, 0.25) is 11.8 Å². The Morgan fingerprint density at radius 1 is 1.03 bits per heavy atom. The summed E-state index contributed by atoms with van der Waals surface area (Å²) in [6.45, 7) is 2.67. The van der Waals surface area contributed by atoms with Crippen molar-refractivity contribution in [2.45, 2.75) is 45.2 Å². The fourth-order valence-corrected chi connectivity index (χ4v) is 4.14. The molecule has 2 aromatic rings. The molecule has 5 heteroatoms. The Balaban J connectivity index is 1.47. The first-order valence-electron chi connectivity index (χ1n) is 10.4. The van der Waals surface area contributed by atoms with Gasteiger partial charge in [-0.25, -0.2) is 4.39 Å². The molecule has 0 bridgehead atoms. The minimum Gasteiger partial charge on any atom is -0.352 e.